The average molecular weight is 540 g/mol. The third kappa shape index (κ3) is 5.32. The number of benzene rings is 2. The highest BCUT2D eigenvalue weighted by Crippen LogP contribution is 2.34. The summed E-state index contributed by atoms with van der Waals surface area (Å²) in [7, 11) is 1.57. The fraction of sp³-hybridized carbons (Fsp3) is 0.167. The highest BCUT2D eigenvalue weighted by molar-refractivity contribution is 5.95. The molecule has 5 aromatic rings. The molecule has 0 saturated heterocycles. The van der Waals surface area contributed by atoms with Crippen molar-refractivity contribution in [2.45, 2.75) is 13.8 Å². The van der Waals surface area contributed by atoms with Crippen LogP contribution in [-0.4, -0.2) is 47.2 Å². The molecular weight excluding hydrogens is 514 g/mol. The van der Waals surface area contributed by atoms with E-state index >= 15 is 0 Å². The first-order chi connectivity index (χ1) is 19.5. The maximum Gasteiger partial charge on any atom is 0.361 e. The standard InChI is InChI=1S/C30H25N3O7/c1-4-37-29(34)23-25(18-10-12-22(36-3)13-11-18)39-27(32-23)20-6-8-21(9-7-20)28-33-24(30(35)38-5-2)26(40-28)19-14-16-31-17-15-19/h6-17H,4-5H2,1-3H3. The molecular formula is C30H25N3O7. The lowest BCUT2D eigenvalue weighted by atomic mass is 10.1. The molecule has 0 aliphatic heterocycles. The quantitative estimate of drug-likeness (QED) is 0.203. The van der Waals surface area contributed by atoms with Crippen molar-refractivity contribution in [1.82, 2.24) is 15.0 Å². The van der Waals surface area contributed by atoms with Crippen molar-refractivity contribution < 1.29 is 32.6 Å². The molecule has 0 bridgehead atoms. The van der Waals surface area contributed by atoms with Gasteiger partial charge in [-0.25, -0.2) is 19.6 Å². The van der Waals surface area contributed by atoms with Crippen LogP contribution in [0.15, 0.2) is 81.9 Å². The number of hydrogen-bond donors (Lipinski definition) is 0. The number of esters is 2. The molecule has 3 heterocycles. The number of oxazole rings is 2. The van der Waals surface area contributed by atoms with Gasteiger partial charge in [0.15, 0.2) is 22.9 Å². The molecule has 0 aliphatic rings. The van der Waals surface area contributed by atoms with E-state index in [-0.39, 0.29) is 47.9 Å². The van der Waals surface area contributed by atoms with Gasteiger partial charge in [0.05, 0.1) is 20.3 Å². The lowest BCUT2D eigenvalue weighted by Crippen LogP contribution is -2.06. The van der Waals surface area contributed by atoms with Crippen LogP contribution in [0.5, 0.6) is 5.75 Å². The van der Waals surface area contributed by atoms with Crippen LogP contribution in [0, 0.1) is 0 Å². The van der Waals surface area contributed by atoms with E-state index < -0.39 is 11.9 Å². The molecule has 0 N–H and O–H groups in total. The smallest absolute Gasteiger partial charge is 0.361 e. The van der Waals surface area contributed by atoms with Crippen LogP contribution in [-0.2, 0) is 9.47 Å². The third-order valence-corrected chi connectivity index (χ3v) is 5.87. The first-order valence-corrected chi connectivity index (χ1v) is 12.5. The second kappa shape index (κ2) is 11.6. The molecule has 0 aliphatic carbocycles. The number of carbonyl (C=O) groups excluding carboxylic acids is 2. The monoisotopic (exact) mass is 539 g/mol. The van der Waals surface area contributed by atoms with Gasteiger partial charge in [-0.15, -0.1) is 0 Å². The zero-order valence-electron chi connectivity index (χ0n) is 22.0. The van der Waals surface area contributed by atoms with E-state index in [0.717, 1.165) is 0 Å². The number of carbonyl (C=O) groups is 2. The van der Waals surface area contributed by atoms with Crippen LogP contribution < -0.4 is 4.74 Å². The summed E-state index contributed by atoms with van der Waals surface area (Å²) in [5.41, 5.74) is 2.66. The Morgan fingerprint density at radius 1 is 0.650 bits per heavy atom. The highest BCUT2D eigenvalue weighted by Gasteiger charge is 2.25. The Morgan fingerprint density at radius 2 is 1.07 bits per heavy atom. The number of aromatic nitrogens is 3. The zero-order valence-corrected chi connectivity index (χ0v) is 22.0. The zero-order chi connectivity index (χ0) is 28.1. The number of ether oxygens (including phenoxy) is 3. The largest absolute Gasteiger partial charge is 0.497 e. The van der Waals surface area contributed by atoms with Gasteiger partial charge in [0, 0.05) is 34.6 Å². The summed E-state index contributed by atoms with van der Waals surface area (Å²) in [5, 5.41) is 0. The number of hydrogen-bond acceptors (Lipinski definition) is 10. The fourth-order valence-corrected chi connectivity index (χ4v) is 3.96. The first kappa shape index (κ1) is 26.4. The molecule has 5 rings (SSSR count). The second-order valence-corrected chi connectivity index (χ2v) is 8.38. The maximum atomic E-state index is 12.7. The van der Waals surface area contributed by atoms with Crippen LogP contribution in [0.3, 0.4) is 0 Å². The van der Waals surface area contributed by atoms with Crippen LogP contribution in [0.2, 0.25) is 0 Å². The average Bonchev–Trinajstić information content (AvgIpc) is 3.64. The molecule has 10 heteroatoms. The van der Waals surface area contributed by atoms with Crippen molar-refractivity contribution in [3.63, 3.8) is 0 Å². The molecule has 0 atom stereocenters. The van der Waals surface area contributed by atoms with Gasteiger partial charge in [0.1, 0.15) is 5.75 Å². The summed E-state index contributed by atoms with van der Waals surface area (Å²) in [5.74, 6) is 0.539. The lowest BCUT2D eigenvalue weighted by molar-refractivity contribution is 0.0511. The van der Waals surface area contributed by atoms with Crippen molar-refractivity contribution in [2.24, 2.45) is 0 Å². The van der Waals surface area contributed by atoms with Crippen molar-refractivity contribution in [3.8, 4) is 51.3 Å². The van der Waals surface area contributed by atoms with Gasteiger partial charge in [0.2, 0.25) is 11.8 Å². The van der Waals surface area contributed by atoms with Gasteiger partial charge < -0.3 is 23.0 Å². The number of rotatable bonds is 9. The van der Waals surface area contributed by atoms with Crippen molar-refractivity contribution in [2.75, 3.05) is 20.3 Å². The molecule has 10 nitrogen and oxygen atoms in total. The lowest BCUT2D eigenvalue weighted by Gasteiger charge is -2.03. The molecule has 0 saturated carbocycles. The predicted molar refractivity (Wildman–Crippen MR) is 145 cm³/mol. The summed E-state index contributed by atoms with van der Waals surface area (Å²) in [6.07, 6.45) is 3.20. The SMILES string of the molecule is CCOC(=O)c1nc(-c2ccc(-c3nc(C(=O)OCC)c(-c4ccc(OC)cc4)o3)cc2)oc1-c1ccncc1. The molecule has 0 radical (unpaired) electrons. The minimum atomic E-state index is -0.588. The van der Waals surface area contributed by atoms with Crippen LogP contribution in [0.1, 0.15) is 34.8 Å². The number of pyridine rings is 1. The van der Waals surface area contributed by atoms with E-state index in [4.69, 9.17) is 23.0 Å². The van der Waals surface area contributed by atoms with Crippen LogP contribution in [0.25, 0.3) is 45.6 Å². The summed E-state index contributed by atoms with van der Waals surface area (Å²) in [6.45, 7) is 3.85. The number of methoxy groups -OCH3 is 1. The van der Waals surface area contributed by atoms with Crippen LogP contribution >= 0.6 is 0 Å². The van der Waals surface area contributed by atoms with E-state index in [1.807, 2.05) is 0 Å². The van der Waals surface area contributed by atoms with E-state index in [9.17, 15) is 9.59 Å². The molecule has 40 heavy (non-hydrogen) atoms. The van der Waals surface area contributed by atoms with Gasteiger partial charge in [-0.1, -0.05) is 0 Å². The van der Waals surface area contributed by atoms with Gasteiger partial charge in [-0.05, 0) is 74.5 Å². The summed E-state index contributed by atoms with van der Waals surface area (Å²) < 4.78 is 27.7. The first-order valence-electron chi connectivity index (χ1n) is 12.5. The summed E-state index contributed by atoms with van der Waals surface area (Å²) in [4.78, 5) is 38.1. The molecule has 2 aromatic carbocycles. The van der Waals surface area contributed by atoms with E-state index in [2.05, 4.69) is 15.0 Å². The molecule has 0 unspecified atom stereocenters. The normalized spacial score (nSPS) is 10.8. The van der Waals surface area contributed by atoms with Crippen molar-refractivity contribution in [1.29, 1.82) is 0 Å². The Labute approximate surface area is 229 Å². The van der Waals surface area contributed by atoms with E-state index in [0.29, 0.717) is 28.0 Å². The molecule has 0 spiro atoms. The van der Waals surface area contributed by atoms with Gasteiger partial charge in [-0.3, -0.25) is 4.98 Å². The number of nitrogens with zero attached hydrogens (tertiary/aromatic N) is 3. The predicted octanol–water partition coefficient (Wildman–Crippen LogP) is 6.09. The maximum absolute atomic E-state index is 12.7. The minimum absolute atomic E-state index is 0.0693. The second-order valence-electron chi connectivity index (χ2n) is 8.38. The fourth-order valence-electron chi connectivity index (χ4n) is 3.96. The summed E-state index contributed by atoms with van der Waals surface area (Å²) >= 11 is 0. The minimum Gasteiger partial charge on any atom is -0.497 e. The topological polar surface area (TPSA) is 127 Å². The Kier molecular flexibility index (Phi) is 7.68. The van der Waals surface area contributed by atoms with E-state index in [1.165, 1.54) is 0 Å². The van der Waals surface area contributed by atoms with Crippen LogP contribution in [0.4, 0.5) is 0 Å². The molecule has 0 fully saturated rings. The van der Waals surface area contributed by atoms with Crippen molar-refractivity contribution >= 4 is 11.9 Å². The molecule has 3 aromatic heterocycles. The Bertz CT molecular complexity index is 1620. The van der Waals surface area contributed by atoms with Crippen molar-refractivity contribution in [3.05, 3.63) is 84.4 Å². The van der Waals surface area contributed by atoms with Gasteiger partial charge in [-0.2, -0.15) is 0 Å². The van der Waals surface area contributed by atoms with Gasteiger partial charge in [0.25, 0.3) is 0 Å². The molecule has 0 amide bonds. The van der Waals surface area contributed by atoms with E-state index in [1.54, 1.807) is 94.0 Å². The Balaban J connectivity index is 1.50. The molecule has 202 valence electrons. The highest BCUT2D eigenvalue weighted by atomic mass is 16.5. The van der Waals surface area contributed by atoms with Gasteiger partial charge >= 0.3 is 11.9 Å². The Morgan fingerprint density at radius 3 is 1.50 bits per heavy atom. The summed E-state index contributed by atoms with van der Waals surface area (Å²) in [6, 6.07) is 17.6. The third-order valence-electron chi connectivity index (χ3n) is 5.87. The Hall–Kier alpha value is -5.25.